The highest BCUT2D eigenvalue weighted by Gasteiger charge is 2.34. The number of hydrogen-bond donors (Lipinski definition) is 1. The molecule has 0 radical (unpaired) electrons. The van der Waals surface area contributed by atoms with Gasteiger partial charge in [0.15, 0.2) is 0 Å². The number of benzene rings is 3. The fourth-order valence-electron chi connectivity index (χ4n) is 4.76. The Morgan fingerprint density at radius 1 is 1.03 bits per heavy atom. The van der Waals surface area contributed by atoms with E-state index in [-0.39, 0.29) is 18.4 Å². The van der Waals surface area contributed by atoms with Gasteiger partial charge in [-0.15, -0.1) is 0 Å². The van der Waals surface area contributed by atoms with Gasteiger partial charge in [0.25, 0.3) is 0 Å². The lowest BCUT2D eigenvalue weighted by Gasteiger charge is -2.19. The molecule has 1 aliphatic rings. The number of fused-ring (bicyclic) bond motifs is 1. The van der Waals surface area contributed by atoms with Gasteiger partial charge in [-0.3, -0.25) is 4.79 Å². The summed E-state index contributed by atoms with van der Waals surface area (Å²) < 4.78 is 7.95. The first kappa shape index (κ1) is 23.1. The van der Waals surface area contributed by atoms with Crippen molar-refractivity contribution in [2.75, 3.05) is 13.2 Å². The third kappa shape index (κ3) is 5.08. The van der Waals surface area contributed by atoms with E-state index in [2.05, 4.69) is 11.5 Å². The highest BCUT2D eigenvalue weighted by Crippen LogP contribution is 2.31. The molecular formula is C29H31N3O3. The maximum atomic E-state index is 12.8. The Bertz CT molecular complexity index is 1330. The van der Waals surface area contributed by atoms with Gasteiger partial charge in [-0.2, -0.15) is 0 Å². The molecule has 180 valence electrons. The van der Waals surface area contributed by atoms with Crippen LogP contribution in [-0.2, 0) is 17.9 Å². The molecule has 6 heteroatoms. The average Bonchev–Trinajstić information content (AvgIpc) is 3.40. The van der Waals surface area contributed by atoms with Gasteiger partial charge in [0.2, 0.25) is 5.91 Å². The largest absolute Gasteiger partial charge is 0.491 e. The number of ether oxygens (including phenoxy) is 1. The first-order valence-corrected chi connectivity index (χ1v) is 12.1. The van der Waals surface area contributed by atoms with Crippen LogP contribution in [0.1, 0.15) is 34.9 Å². The summed E-state index contributed by atoms with van der Waals surface area (Å²) in [5.74, 6) is 1.71. The normalized spacial score (nSPS) is 16.7. The minimum absolute atomic E-state index is 0.0218. The number of aliphatic hydroxyl groups excluding tert-OH is 1. The maximum absolute atomic E-state index is 12.8. The molecule has 2 heterocycles. The van der Waals surface area contributed by atoms with Crippen molar-refractivity contribution in [1.29, 1.82) is 0 Å². The van der Waals surface area contributed by atoms with Crippen LogP contribution in [0.5, 0.6) is 5.75 Å². The van der Waals surface area contributed by atoms with E-state index in [1.54, 1.807) is 0 Å². The zero-order chi connectivity index (χ0) is 24.4. The summed E-state index contributed by atoms with van der Waals surface area (Å²) in [7, 11) is 0. The molecule has 1 aliphatic heterocycles. The van der Waals surface area contributed by atoms with Crippen molar-refractivity contribution < 1.29 is 14.6 Å². The summed E-state index contributed by atoms with van der Waals surface area (Å²) in [4.78, 5) is 19.6. The van der Waals surface area contributed by atoms with Gasteiger partial charge < -0.3 is 19.3 Å². The third-order valence-electron chi connectivity index (χ3n) is 6.79. The van der Waals surface area contributed by atoms with E-state index >= 15 is 0 Å². The average molecular weight is 470 g/mol. The number of carbonyl (C=O) groups is 1. The van der Waals surface area contributed by atoms with E-state index in [1.807, 2.05) is 84.6 Å². The molecule has 0 spiro atoms. The summed E-state index contributed by atoms with van der Waals surface area (Å²) >= 11 is 0. The van der Waals surface area contributed by atoms with E-state index < -0.39 is 6.10 Å². The molecule has 2 atom stereocenters. The lowest BCUT2D eigenvalue weighted by Crippen LogP contribution is -2.26. The van der Waals surface area contributed by atoms with Gasteiger partial charge in [-0.25, -0.2) is 4.98 Å². The SMILES string of the molecule is Cc1ccc(OC[C@@H](O)Cn2c([C@@H]3CC(=O)N(Cc4ccccc4)C3)nc3ccccc32)cc1C. The number of likely N-dealkylation sites (tertiary alicyclic amines) is 1. The number of aromatic nitrogens is 2. The number of rotatable bonds is 8. The summed E-state index contributed by atoms with van der Waals surface area (Å²) in [5, 5.41) is 10.9. The van der Waals surface area contributed by atoms with E-state index in [9.17, 15) is 9.90 Å². The van der Waals surface area contributed by atoms with Crippen LogP contribution in [0.2, 0.25) is 0 Å². The van der Waals surface area contributed by atoms with E-state index in [0.29, 0.717) is 26.1 Å². The molecule has 5 rings (SSSR count). The van der Waals surface area contributed by atoms with Crippen LogP contribution in [0.25, 0.3) is 11.0 Å². The van der Waals surface area contributed by atoms with Gasteiger partial charge in [-0.05, 0) is 54.8 Å². The van der Waals surface area contributed by atoms with Crippen LogP contribution in [0.3, 0.4) is 0 Å². The topological polar surface area (TPSA) is 67.6 Å². The molecule has 1 aromatic heterocycles. The Morgan fingerprint density at radius 3 is 2.60 bits per heavy atom. The lowest BCUT2D eigenvalue weighted by molar-refractivity contribution is -0.128. The fraction of sp³-hybridized carbons (Fsp3) is 0.310. The molecule has 0 saturated carbocycles. The molecule has 1 N–H and O–H groups in total. The number of nitrogens with zero attached hydrogens (tertiary/aromatic N) is 3. The number of amides is 1. The van der Waals surface area contributed by atoms with Crippen LogP contribution in [0.15, 0.2) is 72.8 Å². The van der Waals surface area contributed by atoms with E-state index in [0.717, 1.165) is 33.7 Å². The number of para-hydroxylation sites is 2. The Hall–Kier alpha value is -3.64. The first-order valence-electron chi connectivity index (χ1n) is 12.1. The highest BCUT2D eigenvalue weighted by atomic mass is 16.5. The monoisotopic (exact) mass is 469 g/mol. The van der Waals surface area contributed by atoms with Crippen LogP contribution in [0.4, 0.5) is 0 Å². The predicted octanol–water partition coefficient (Wildman–Crippen LogP) is 4.61. The number of carbonyl (C=O) groups excluding carboxylic acids is 1. The second-order valence-electron chi connectivity index (χ2n) is 9.44. The fourth-order valence-corrected chi connectivity index (χ4v) is 4.76. The summed E-state index contributed by atoms with van der Waals surface area (Å²) in [5.41, 5.74) is 5.32. The van der Waals surface area contributed by atoms with Gasteiger partial charge >= 0.3 is 0 Å². The molecule has 1 saturated heterocycles. The maximum Gasteiger partial charge on any atom is 0.223 e. The Labute approximate surface area is 205 Å². The second-order valence-corrected chi connectivity index (χ2v) is 9.44. The standard InChI is InChI=1S/C29H31N3O3/c1-20-12-13-25(14-21(20)2)35-19-24(33)18-32-27-11-7-6-10-26(27)30-29(32)23-15-28(34)31(17-23)16-22-8-4-3-5-9-22/h3-14,23-24,33H,15-19H2,1-2H3/t23-,24+/m1/s1. The Morgan fingerprint density at radius 2 is 1.80 bits per heavy atom. The smallest absolute Gasteiger partial charge is 0.223 e. The summed E-state index contributed by atoms with van der Waals surface area (Å²) in [6.07, 6.45) is -0.295. The number of aryl methyl sites for hydroxylation is 2. The molecule has 6 nitrogen and oxygen atoms in total. The molecule has 35 heavy (non-hydrogen) atoms. The third-order valence-corrected chi connectivity index (χ3v) is 6.79. The van der Waals surface area contributed by atoms with Gasteiger partial charge in [0, 0.05) is 25.4 Å². The lowest BCUT2D eigenvalue weighted by atomic mass is 10.1. The molecule has 1 amide bonds. The van der Waals surface area contributed by atoms with Crippen LogP contribution < -0.4 is 4.74 Å². The van der Waals surface area contributed by atoms with Gasteiger partial charge in [0.05, 0.1) is 17.6 Å². The van der Waals surface area contributed by atoms with Crippen molar-refractivity contribution in [3.8, 4) is 5.75 Å². The zero-order valence-corrected chi connectivity index (χ0v) is 20.2. The highest BCUT2D eigenvalue weighted by molar-refractivity contribution is 5.81. The van der Waals surface area contributed by atoms with Crippen LogP contribution in [0, 0.1) is 13.8 Å². The molecule has 0 aliphatic carbocycles. The number of hydrogen-bond acceptors (Lipinski definition) is 4. The minimum atomic E-state index is -0.717. The van der Waals surface area contributed by atoms with Crippen molar-refractivity contribution in [1.82, 2.24) is 14.5 Å². The van der Waals surface area contributed by atoms with Crippen molar-refractivity contribution in [3.05, 3.63) is 95.3 Å². The Kier molecular flexibility index (Phi) is 6.55. The summed E-state index contributed by atoms with van der Waals surface area (Å²) in [6, 6.07) is 23.9. The predicted molar refractivity (Wildman–Crippen MR) is 136 cm³/mol. The zero-order valence-electron chi connectivity index (χ0n) is 20.2. The molecular weight excluding hydrogens is 438 g/mol. The minimum Gasteiger partial charge on any atom is -0.491 e. The van der Waals surface area contributed by atoms with Crippen molar-refractivity contribution in [2.45, 2.75) is 45.4 Å². The van der Waals surface area contributed by atoms with E-state index in [1.165, 1.54) is 5.56 Å². The first-order chi connectivity index (χ1) is 17.0. The van der Waals surface area contributed by atoms with Gasteiger partial charge in [-0.1, -0.05) is 48.5 Å². The molecule has 4 aromatic rings. The van der Waals surface area contributed by atoms with Crippen molar-refractivity contribution in [2.24, 2.45) is 0 Å². The van der Waals surface area contributed by atoms with Crippen molar-refractivity contribution in [3.63, 3.8) is 0 Å². The number of imidazole rings is 1. The quantitative estimate of drug-likeness (QED) is 0.409. The molecule has 0 unspecified atom stereocenters. The van der Waals surface area contributed by atoms with E-state index in [4.69, 9.17) is 9.72 Å². The number of aliphatic hydroxyl groups is 1. The van der Waals surface area contributed by atoms with Crippen LogP contribution >= 0.6 is 0 Å². The second kappa shape index (κ2) is 9.92. The van der Waals surface area contributed by atoms with Crippen LogP contribution in [-0.4, -0.2) is 44.7 Å². The van der Waals surface area contributed by atoms with Gasteiger partial charge in [0.1, 0.15) is 24.3 Å². The Balaban J connectivity index is 1.33. The van der Waals surface area contributed by atoms with Crippen molar-refractivity contribution >= 4 is 16.9 Å². The summed E-state index contributed by atoms with van der Waals surface area (Å²) in [6.45, 7) is 5.86. The molecule has 0 bridgehead atoms. The molecule has 3 aromatic carbocycles. The molecule has 1 fully saturated rings.